The molecule has 2 aliphatic rings. The fourth-order valence-electron chi connectivity index (χ4n) is 5.48. The van der Waals surface area contributed by atoms with Crippen LogP contribution in [0.25, 0.3) is 10.4 Å². The van der Waals surface area contributed by atoms with E-state index in [1.807, 2.05) is 77.8 Å². The molecule has 1 fully saturated rings. The molecule has 0 radical (unpaired) electrons. The zero-order valence-corrected chi connectivity index (χ0v) is 25.4. The molecule has 0 aliphatic carbocycles. The van der Waals surface area contributed by atoms with Gasteiger partial charge in [0.05, 0.1) is 13.2 Å². The maximum absolute atomic E-state index is 14.6. The third-order valence-electron chi connectivity index (χ3n) is 7.71. The van der Waals surface area contributed by atoms with Crippen LogP contribution in [0.2, 0.25) is 0 Å². The fourth-order valence-corrected chi connectivity index (χ4v) is 5.90. The SMILES string of the molecule is [N-]=[N+]=NCc1ccccc1[C@@H]1OC(c2ccc(OCCCO)cc2)=N[C@]1(Cc1ccccc1Br)C(=O)NN1CCCCC1. The average Bonchev–Trinajstić information content (AvgIpc) is 3.42. The van der Waals surface area contributed by atoms with Gasteiger partial charge in [0.2, 0.25) is 5.90 Å². The van der Waals surface area contributed by atoms with Crippen molar-refractivity contribution in [2.75, 3.05) is 26.3 Å². The molecule has 0 saturated carbocycles. The van der Waals surface area contributed by atoms with Crippen molar-refractivity contribution in [1.82, 2.24) is 10.4 Å². The maximum atomic E-state index is 14.6. The topological polar surface area (TPSA) is 132 Å². The Hall–Kier alpha value is -3.89. The van der Waals surface area contributed by atoms with E-state index in [9.17, 15) is 4.79 Å². The third-order valence-corrected chi connectivity index (χ3v) is 8.48. The Morgan fingerprint density at radius 1 is 1.09 bits per heavy atom. The van der Waals surface area contributed by atoms with E-state index >= 15 is 0 Å². The molecule has 0 spiro atoms. The highest BCUT2D eigenvalue weighted by Gasteiger charge is 2.54. The Balaban J connectivity index is 1.61. The van der Waals surface area contributed by atoms with Crippen LogP contribution < -0.4 is 10.2 Å². The Kier molecular flexibility index (Phi) is 10.3. The Morgan fingerprint density at radius 3 is 2.53 bits per heavy atom. The molecule has 43 heavy (non-hydrogen) atoms. The summed E-state index contributed by atoms with van der Waals surface area (Å²) in [6, 6.07) is 22.7. The quantitative estimate of drug-likeness (QED) is 0.107. The number of halogens is 1. The lowest BCUT2D eigenvalue weighted by atomic mass is 9.80. The summed E-state index contributed by atoms with van der Waals surface area (Å²) in [6.07, 6.45) is 3.15. The highest BCUT2D eigenvalue weighted by Crippen LogP contribution is 2.44. The zero-order valence-electron chi connectivity index (χ0n) is 23.9. The molecular weight excluding hydrogens is 612 g/mol. The molecule has 0 bridgehead atoms. The molecular formula is C32H35BrN6O4. The number of ether oxygens (including phenoxy) is 2. The molecule has 0 unspecified atom stereocenters. The average molecular weight is 648 g/mol. The number of piperidine rings is 1. The number of hydrogen-bond acceptors (Lipinski definition) is 7. The van der Waals surface area contributed by atoms with E-state index in [-0.39, 0.29) is 25.5 Å². The first-order valence-corrected chi connectivity index (χ1v) is 15.3. The molecule has 1 amide bonds. The summed E-state index contributed by atoms with van der Waals surface area (Å²) in [5.74, 6) is 0.744. The number of hydrogen-bond donors (Lipinski definition) is 2. The molecule has 11 heteroatoms. The highest BCUT2D eigenvalue weighted by atomic mass is 79.9. The molecule has 224 valence electrons. The van der Waals surface area contributed by atoms with Crippen LogP contribution in [0.5, 0.6) is 5.75 Å². The second-order valence-corrected chi connectivity index (χ2v) is 11.5. The number of nitrogens with one attached hydrogen (secondary N) is 1. The summed E-state index contributed by atoms with van der Waals surface area (Å²) in [7, 11) is 0. The summed E-state index contributed by atoms with van der Waals surface area (Å²) in [5, 5.41) is 14.9. The third kappa shape index (κ3) is 7.19. The van der Waals surface area contributed by atoms with Crippen molar-refractivity contribution >= 4 is 27.7 Å². The molecule has 1 saturated heterocycles. The van der Waals surface area contributed by atoms with Crippen molar-refractivity contribution in [3.05, 3.63) is 110 Å². The van der Waals surface area contributed by atoms with E-state index in [0.29, 0.717) is 30.2 Å². The number of aliphatic hydroxyl groups is 1. The number of aliphatic hydroxyl groups excluding tert-OH is 1. The van der Waals surface area contributed by atoms with Gasteiger partial charge in [0.25, 0.3) is 5.91 Å². The minimum Gasteiger partial charge on any atom is -0.494 e. The van der Waals surface area contributed by atoms with Gasteiger partial charge >= 0.3 is 0 Å². The standard InChI is InChI=1S/C32H35BrN6O4/c33-28-12-5-3-9-24(28)21-32(31(41)37-39-17-6-1-7-18-39)29(27-11-4-2-10-25(27)22-35-38-34)43-30(36-32)23-13-15-26(16-14-23)42-20-8-19-40/h2-5,9-16,29,40H,1,6-8,17-22H2,(H,37,41)/t29-,32-/m0/s1. The van der Waals surface area contributed by atoms with Gasteiger partial charge in [0, 0.05) is 47.5 Å². The van der Waals surface area contributed by atoms with Gasteiger partial charge < -0.3 is 14.6 Å². The van der Waals surface area contributed by atoms with Crippen molar-refractivity contribution in [1.29, 1.82) is 0 Å². The van der Waals surface area contributed by atoms with Gasteiger partial charge in [-0.25, -0.2) is 10.0 Å². The number of azide groups is 1. The molecule has 5 rings (SSSR count). The molecule has 10 nitrogen and oxygen atoms in total. The monoisotopic (exact) mass is 646 g/mol. The van der Waals surface area contributed by atoms with E-state index in [1.54, 1.807) is 0 Å². The zero-order chi connectivity index (χ0) is 30.1. The Labute approximate surface area is 259 Å². The molecule has 3 aromatic rings. The van der Waals surface area contributed by atoms with Gasteiger partial charge in [-0.2, -0.15) is 0 Å². The summed E-state index contributed by atoms with van der Waals surface area (Å²) in [5.41, 5.74) is 14.0. The van der Waals surface area contributed by atoms with Crippen molar-refractivity contribution in [2.24, 2.45) is 10.1 Å². The lowest BCUT2D eigenvalue weighted by molar-refractivity contribution is -0.134. The minimum atomic E-state index is -1.38. The number of carbonyl (C=O) groups is 1. The van der Waals surface area contributed by atoms with E-state index in [1.165, 1.54) is 0 Å². The van der Waals surface area contributed by atoms with Crippen molar-refractivity contribution in [3.63, 3.8) is 0 Å². The maximum Gasteiger partial charge on any atom is 0.266 e. The van der Waals surface area contributed by atoms with Gasteiger partial charge in [-0.05, 0) is 65.4 Å². The van der Waals surface area contributed by atoms with Crippen LogP contribution in [0.3, 0.4) is 0 Å². The second-order valence-electron chi connectivity index (χ2n) is 10.6. The van der Waals surface area contributed by atoms with E-state index in [2.05, 4.69) is 31.4 Å². The van der Waals surface area contributed by atoms with Gasteiger partial charge in [0.15, 0.2) is 11.6 Å². The summed E-state index contributed by atoms with van der Waals surface area (Å²) in [6.45, 7) is 2.11. The van der Waals surface area contributed by atoms with Gasteiger partial charge in [-0.15, -0.1) is 0 Å². The number of aliphatic imine (C=N–C) groups is 1. The number of rotatable bonds is 12. The van der Waals surface area contributed by atoms with E-state index in [0.717, 1.165) is 53.5 Å². The first kappa shape index (κ1) is 30.6. The van der Waals surface area contributed by atoms with E-state index < -0.39 is 11.6 Å². The van der Waals surface area contributed by atoms with Crippen molar-refractivity contribution in [3.8, 4) is 5.75 Å². The van der Waals surface area contributed by atoms with Crippen molar-refractivity contribution < 1.29 is 19.4 Å². The molecule has 2 heterocycles. The van der Waals surface area contributed by atoms with E-state index in [4.69, 9.17) is 25.1 Å². The number of amides is 1. The number of hydrazine groups is 1. The predicted octanol–water partition coefficient (Wildman–Crippen LogP) is 6.04. The Bertz CT molecular complexity index is 1490. The predicted molar refractivity (Wildman–Crippen MR) is 167 cm³/mol. The van der Waals surface area contributed by atoms with Crippen LogP contribution in [0, 0.1) is 0 Å². The lowest BCUT2D eigenvalue weighted by Gasteiger charge is -2.35. The summed E-state index contributed by atoms with van der Waals surface area (Å²) >= 11 is 3.68. The van der Waals surface area contributed by atoms with Gasteiger partial charge in [-0.3, -0.25) is 10.2 Å². The Morgan fingerprint density at radius 2 is 1.81 bits per heavy atom. The normalized spacial score (nSPS) is 20.0. The van der Waals surface area contributed by atoms with Crippen LogP contribution >= 0.6 is 15.9 Å². The van der Waals surface area contributed by atoms with Crippen LogP contribution in [-0.4, -0.2) is 53.8 Å². The first-order valence-electron chi connectivity index (χ1n) is 14.5. The molecule has 2 atom stereocenters. The number of nitrogens with zero attached hydrogens (tertiary/aromatic N) is 5. The first-order chi connectivity index (χ1) is 21.0. The van der Waals surface area contributed by atoms with Crippen molar-refractivity contribution in [2.45, 2.75) is 50.3 Å². The summed E-state index contributed by atoms with van der Waals surface area (Å²) in [4.78, 5) is 22.7. The fraction of sp³-hybridized carbons (Fsp3) is 0.375. The van der Waals surface area contributed by atoms with Crippen LogP contribution in [0.1, 0.15) is 54.0 Å². The second kappa shape index (κ2) is 14.5. The van der Waals surface area contributed by atoms with Crippen LogP contribution in [0.4, 0.5) is 0 Å². The van der Waals surface area contributed by atoms with Gasteiger partial charge in [-0.1, -0.05) is 69.9 Å². The highest BCUT2D eigenvalue weighted by molar-refractivity contribution is 9.10. The molecule has 2 aliphatic heterocycles. The lowest BCUT2D eigenvalue weighted by Crippen LogP contribution is -2.56. The molecule has 2 N–H and O–H groups in total. The summed E-state index contributed by atoms with van der Waals surface area (Å²) < 4.78 is 13.3. The largest absolute Gasteiger partial charge is 0.494 e. The van der Waals surface area contributed by atoms with Crippen LogP contribution in [-0.2, 0) is 22.5 Å². The number of carbonyl (C=O) groups excluding carboxylic acids is 1. The van der Waals surface area contributed by atoms with Crippen LogP contribution in [0.15, 0.2) is 87.4 Å². The molecule has 0 aromatic heterocycles. The number of benzene rings is 3. The molecule has 3 aromatic carbocycles. The van der Waals surface area contributed by atoms with Gasteiger partial charge in [0.1, 0.15) is 5.75 Å². The minimum absolute atomic E-state index is 0.0599. The smallest absolute Gasteiger partial charge is 0.266 e.